The maximum Gasteiger partial charge on any atom is 0.255 e. The Morgan fingerprint density at radius 2 is 1.86 bits per heavy atom. The van der Waals surface area contributed by atoms with Crippen molar-refractivity contribution in [3.8, 4) is 5.75 Å². The van der Waals surface area contributed by atoms with Gasteiger partial charge >= 0.3 is 0 Å². The zero-order valence-corrected chi connectivity index (χ0v) is 21.0. The van der Waals surface area contributed by atoms with Gasteiger partial charge in [0.1, 0.15) is 18.4 Å². The molecular weight excluding hydrogens is 466 g/mol. The second-order valence-electron chi connectivity index (χ2n) is 8.93. The van der Waals surface area contributed by atoms with Crippen LogP contribution in [0.25, 0.3) is 0 Å². The number of rotatable bonds is 6. The SMILES string of the molecule is CCN1CCOc2ccccc2C(=O)N[C@H](C(=O)NCCCN2CCCC2=O)CC(=O)N(C)CC1=O. The number of nitrogens with zero attached hydrogens (tertiary/aromatic N) is 3. The summed E-state index contributed by atoms with van der Waals surface area (Å²) < 4.78 is 5.80. The largest absolute Gasteiger partial charge is 0.491 e. The minimum absolute atomic E-state index is 0.116. The van der Waals surface area contributed by atoms with Crippen molar-refractivity contribution >= 4 is 29.5 Å². The van der Waals surface area contributed by atoms with Gasteiger partial charge in [-0.25, -0.2) is 0 Å². The number of nitrogens with one attached hydrogen (secondary N) is 2. The van der Waals surface area contributed by atoms with E-state index in [4.69, 9.17) is 4.74 Å². The Bertz CT molecular complexity index is 983. The van der Waals surface area contributed by atoms with Gasteiger partial charge in [-0.2, -0.15) is 0 Å². The first kappa shape index (κ1) is 27.0. The van der Waals surface area contributed by atoms with Crippen LogP contribution in [0.5, 0.6) is 5.75 Å². The van der Waals surface area contributed by atoms with E-state index in [-0.39, 0.29) is 37.0 Å². The van der Waals surface area contributed by atoms with Crippen molar-refractivity contribution in [2.24, 2.45) is 0 Å². The molecule has 0 radical (unpaired) electrons. The van der Waals surface area contributed by atoms with Gasteiger partial charge in [-0.3, -0.25) is 24.0 Å². The smallest absolute Gasteiger partial charge is 0.255 e. The summed E-state index contributed by atoms with van der Waals surface area (Å²) in [5.41, 5.74) is 0.232. The van der Waals surface area contributed by atoms with E-state index in [1.807, 2.05) is 6.92 Å². The van der Waals surface area contributed by atoms with E-state index in [1.165, 1.54) is 11.9 Å². The zero-order valence-electron chi connectivity index (χ0n) is 21.0. The standard InChI is InChI=1S/C25H35N5O6/c1-3-29-14-15-36-20-9-5-4-8-18(20)24(34)27-19(16-22(32)28(2)17-23(29)33)25(35)26-11-7-13-30-12-6-10-21(30)31/h4-5,8-9,19H,3,6-7,10-17H2,1-2H3,(H,26,35)(H,27,34)/t19-/m0/s1. The van der Waals surface area contributed by atoms with Crippen LogP contribution in [0.15, 0.2) is 24.3 Å². The lowest BCUT2D eigenvalue weighted by molar-refractivity contribution is -0.140. The van der Waals surface area contributed by atoms with E-state index in [0.717, 1.165) is 13.0 Å². The van der Waals surface area contributed by atoms with Gasteiger partial charge in [-0.1, -0.05) is 12.1 Å². The van der Waals surface area contributed by atoms with Gasteiger partial charge in [0.25, 0.3) is 5.91 Å². The molecule has 11 heteroatoms. The number of likely N-dealkylation sites (N-methyl/N-ethyl adjacent to an activating group) is 2. The number of ether oxygens (including phenoxy) is 1. The number of hydrogen-bond donors (Lipinski definition) is 2. The highest BCUT2D eigenvalue weighted by atomic mass is 16.5. The van der Waals surface area contributed by atoms with Gasteiger partial charge in [0.05, 0.1) is 25.1 Å². The van der Waals surface area contributed by atoms with Crippen LogP contribution in [0.1, 0.15) is 43.0 Å². The van der Waals surface area contributed by atoms with Gasteiger partial charge < -0.3 is 30.1 Å². The molecule has 2 aliphatic rings. The molecule has 5 amide bonds. The molecule has 196 valence electrons. The number of benzene rings is 1. The normalized spacial score (nSPS) is 19.9. The molecule has 2 heterocycles. The van der Waals surface area contributed by atoms with Crippen molar-refractivity contribution in [1.82, 2.24) is 25.3 Å². The molecule has 2 N–H and O–H groups in total. The summed E-state index contributed by atoms with van der Waals surface area (Å²) in [5.74, 6) is -1.28. The van der Waals surface area contributed by atoms with Crippen LogP contribution >= 0.6 is 0 Å². The third kappa shape index (κ3) is 7.19. The number of fused-ring (bicyclic) bond motifs is 1. The average molecular weight is 502 g/mol. The fourth-order valence-corrected chi connectivity index (χ4v) is 4.22. The first-order valence-electron chi connectivity index (χ1n) is 12.4. The summed E-state index contributed by atoms with van der Waals surface area (Å²) in [7, 11) is 1.50. The van der Waals surface area contributed by atoms with Crippen LogP contribution < -0.4 is 15.4 Å². The lowest BCUT2D eigenvalue weighted by Crippen LogP contribution is -2.50. The number of hydrogen-bond acceptors (Lipinski definition) is 6. The molecule has 11 nitrogen and oxygen atoms in total. The minimum atomic E-state index is -1.14. The summed E-state index contributed by atoms with van der Waals surface area (Å²) in [6.07, 6.45) is 1.66. The first-order valence-corrected chi connectivity index (χ1v) is 12.4. The van der Waals surface area contributed by atoms with Crippen molar-refractivity contribution in [2.45, 2.75) is 38.6 Å². The number of carbonyl (C=O) groups excluding carboxylic acids is 5. The summed E-state index contributed by atoms with van der Waals surface area (Å²) in [6.45, 7) is 4.18. The quantitative estimate of drug-likeness (QED) is 0.529. The van der Waals surface area contributed by atoms with Crippen LogP contribution in [0.3, 0.4) is 0 Å². The van der Waals surface area contributed by atoms with Crippen molar-refractivity contribution < 1.29 is 28.7 Å². The van der Waals surface area contributed by atoms with E-state index in [0.29, 0.717) is 44.8 Å². The van der Waals surface area contributed by atoms with E-state index < -0.39 is 23.8 Å². The summed E-state index contributed by atoms with van der Waals surface area (Å²) in [4.78, 5) is 68.0. The maximum absolute atomic E-state index is 13.1. The van der Waals surface area contributed by atoms with Gasteiger partial charge in [0, 0.05) is 39.6 Å². The Labute approximate surface area is 211 Å². The van der Waals surface area contributed by atoms with E-state index in [2.05, 4.69) is 10.6 Å². The predicted molar refractivity (Wildman–Crippen MR) is 131 cm³/mol. The van der Waals surface area contributed by atoms with E-state index in [1.54, 1.807) is 34.1 Å². The number of carbonyl (C=O) groups is 5. The molecule has 1 aromatic rings. The Balaban J connectivity index is 1.73. The highest BCUT2D eigenvalue weighted by Crippen LogP contribution is 2.19. The highest BCUT2D eigenvalue weighted by Gasteiger charge is 2.28. The minimum Gasteiger partial charge on any atom is -0.491 e. The molecule has 1 fully saturated rings. The summed E-state index contributed by atoms with van der Waals surface area (Å²) in [5, 5.41) is 5.42. The highest BCUT2D eigenvalue weighted by molar-refractivity contribution is 6.00. The molecule has 0 saturated carbocycles. The fourth-order valence-electron chi connectivity index (χ4n) is 4.22. The Hall–Kier alpha value is -3.63. The van der Waals surface area contributed by atoms with Crippen molar-refractivity contribution in [1.29, 1.82) is 0 Å². The molecule has 0 aliphatic carbocycles. The lowest BCUT2D eigenvalue weighted by atomic mass is 10.1. The predicted octanol–water partition coefficient (Wildman–Crippen LogP) is 0.00310. The molecule has 36 heavy (non-hydrogen) atoms. The first-order chi connectivity index (χ1) is 17.3. The Morgan fingerprint density at radius 3 is 2.58 bits per heavy atom. The lowest BCUT2D eigenvalue weighted by Gasteiger charge is -2.27. The molecule has 1 aromatic carbocycles. The Morgan fingerprint density at radius 1 is 1.08 bits per heavy atom. The second-order valence-corrected chi connectivity index (χ2v) is 8.93. The molecule has 3 rings (SSSR count). The third-order valence-electron chi connectivity index (χ3n) is 6.36. The van der Waals surface area contributed by atoms with E-state index in [9.17, 15) is 24.0 Å². The second kappa shape index (κ2) is 12.9. The van der Waals surface area contributed by atoms with Crippen LogP contribution in [0, 0.1) is 0 Å². The molecule has 0 bridgehead atoms. The Kier molecular flexibility index (Phi) is 9.66. The van der Waals surface area contributed by atoms with Gasteiger partial charge in [-0.15, -0.1) is 0 Å². The van der Waals surface area contributed by atoms with Crippen LogP contribution in [-0.4, -0.2) is 103 Å². The summed E-state index contributed by atoms with van der Waals surface area (Å²) in [6, 6.07) is 5.49. The fraction of sp³-hybridized carbons (Fsp3) is 0.560. The molecule has 0 aromatic heterocycles. The zero-order chi connectivity index (χ0) is 26.1. The van der Waals surface area contributed by atoms with Crippen molar-refractivity contribution in [3.63, 3.8) is 0 Å². The monoisotopic (exact) mass is 501 g/mol. The number of amides is 5. The van der Waals surface area contributed by atoms with Crippen molar-refractivity contribution in [3.05, 3.63) is 29.8 Å². The molecule has 2 aliphatic heterocycles. The van der Waals surface area contributed by atoms with Crippen LogP contribution in [0.2, 0.25) is 0 Å². The molecule has 1 saturated heterocycles. The molecular formula is C25H35N5O6. The van der Waals surface area contributed by atoms with Crippen LogP contribution in [0.4, 0.5) is 0 Å². The van der Waals surface area contributed by atoms with Crippen molar-refractivity contribution in [2.75, 3.05) is 52.9 Å². The number of likely N-dealkylation sites (tertiary alicyclic amines) is 1. The molecule has 0 spiro atoms. The van der Waals surface area contributed by atoms with Gasteiger partial charge in [-0.05, 0) is 31.9 Å². The van der Waals surface area contributed by atoms with E-state index >= 15 is 0 Å². The average Bonchev–Trinajstić information content (AvgIpc) is 3.27. The summed E-state index contributed by atoms with van der Waals surface area (Å²) >= 11 is 0. The third-order valence-corrected chi connectivity index (χ3v) is 6.36. The maximum atomic E-state index is 13.1. The topological polar surface area (TPSA) is 128 Å². The molecule has 1 atom stereocenters. The number of para-hydroxylation sites is 1. The van der Waals surface area contributed by atoms with Gasteiger partial charge in [0.15, 0.2) is 0 Å². The van der Waals surface area contributed by atoms with Crippen LogP contribution in [-0.2, 0) is 19.2 Å². The van der Waals surface area contributed by atoms with Gasteiger partial charge in [0.2, 0.25) is 23.6 Å². The molecule has 0 unspecified atom stereocenters.